The molecule has 0 unspecified atom stereocenters. The molecular weight excluding hydrogens is 316 g/mol. The van der Waals surface area contributed by atoms with E-state index in [2.05, 4.69) is 20.3 Å². The fraction of sp³-hybridized carbons (Fsp3) is 0.211. The van der Waals surface area contributed by atoms with Crippen LogP contribution < -0.4 is 10.1 Å². The first-order chi connectivity index (χ1) is 12.3. The molecule has 126 valence electrons. The summed E-state index contributed by atoms with van der Waals surface area (Å²) >= 11 is 0. The minimum Gasteiger partial charge on any atom is -0.496 e. The van der Waals surface area contributed by atoms with Crippen LogP contribution in [0.5, 0.6) is 5.75 Å². The molecule has 0 radical (unpaired) electrons. The number of nitrogens with zero attached hydrogens (tertiary/aromatic N) is 2. The topological polar surface area (TPSA) is 79.9 Å². The van der Waals surface area contributed by atoms with Crippen molar-refractivity contribution >= 4 is 5.91 Å². The van der Waals surface area contributed by atoms with Crippen molar-refractivity contribution in [3.63, 3.8) is 0 Å². The molecule has 0 saturated heterocycles. The van der Waals surface area contributed by atoms with Crippen LogP contribution in [-0.2, 0) is 6.42 Å². The van der Waals surface area contributed by atoms with Gasteiger partial charge in [-0.2, -0.15) is 0 Å². The van der Waals surface area contributed by atoms with Gasteiger partial charge in [0.2, 0.25) is 0 Å². The standard InChI is InChI=1S/C19H18N4O2/c1-25-16-7-3-2-6-14(16)13-9-15-17(19(24)21-11-13)23-18(22-15)12-5-4-8-20-10-12/h2-8,10,13H,9,11H2,1H3,(H,21,24)(H,22,23)/t13-/m0/s1. The summed E-state index contributed by atoms with van der Waals surface area (Å²) in [6, 6.07) is 11.7. The van der Waals surface area contributed by atoms with Gasteiger partial charge < -0.3 is 15.0 Å². The highest BCUT2D eigenvalue weighted by molar-refractivity contribution is 5.94. The van der Waals surface area contributed by atoms with Crippen LogP contribution in [0, 0.1) is 0 Å². The second-order valence-corrected chi connectivity index (χ2v) is 6.01. The molecule has 1 aromatic carbocycles. The number of para-hydroxylation sites is 1. The van der Waals surface area contributed by atoms with E-state index in [-0.39, 0.29) is 11.8 Å². The highest BCUT2D eigenvalue weighted by Gasteiger charge is 2.27. The average Bonchev–Trinajstić information content (AvgIpc) is 3.03. The van der Waals surface area contributed by atoms with Crippen molar-refractivity contribution in [2.75, 3.05) is 13.7 Å². The first-order valence-corrected chi connectivity index (χ1v) is 8.16. The molecule has 6 heteroatoms. The summed E-state index contributed by atoms with van der Waals surface area (Å²) in [6.45, 7) is 0.547. The Morgan fingerprint density at radius 2 is 2.08 bits per heavy atom. The van der Waals surface area contributed by atoms with Crippen molar-refractivity contribution in [1.82, 2.24) is 20.3 Å². The number of pyridine rings is 1. The second-order valence-electron chi connectivity index (χ2n) is 6.01. The summed E-state index contributed by atoms with van der Waals surface area (Å²) < 4.78 is 5.48. The SMILES string of the molecule is COc1ccccc1[C@@H]1CNC(=O)c2nc(-c3cccnc3)[nH]c2C1. The van der Waals surface area contributed by atoms with Gasteiger partial charge in [0.05, 0.1) is 7.11 Å². The Bertz CT molecular complexity index is 905. The number of carbonyl (C=O) groups is 1. The van der Waals surface area contributed by atoms with E-state index >= 15 is 0 Å². The Labute approximate surface area is 145 Å². The zero-order valence-corrected chi connectivity index (χ0v) is 13.8. The maximum atomic E-state index is 12.4. The van der Waals surface area contributed by atoms with Crippen LogP contribution >= 0.6 is 0 Å². The van der Waals surface area contributed by atoms with E-state index in [0.717, 1.165) is 22.6 Å². The number of fused-ring (bicyclic) bond motifs is 1. The predicted molar refractivity (Wildman–Crippen MR) is 93.6 cm³/mol. The molecule has 1 amide bonds. The fourth-order valence-corrected chi connectivity index (χ4v) is 3.23. The van der Waals surface area contributed by atoms with Crippen molar-refractivity contribution in [1.29, 1.82) is 0 Å². The number of benzene rings is 1. The lowest BCUT2D eigenvalue weighted by molar-refractivity contribution is 0.0950. The smallest absolute Gasteiger partial charge is 0.271 e. The molecule has 0 fully saturated rings. The van der Waals surface area contributed by atoms with E-state index in [1.807, 2.05) is 36.4 Å². The third-order valence-electron chi connectivity index (χ3n) is 4.47. The van der Waals surface area contributed by atoms with Gasteiger partial charge in [-0.15, -0.1) is 0 Å². The van der Waals surface area contributed by atoms with Gasteiger partial charge in [0.25, 0.3) is 5.91 Å². The molecule has 1 aliphatic heterocycles. The Morgan fingerprint density at radius 1 is 1.20 bits per heavy atom. The van der Waals surface area contributed by atoms with Crippen LogP contribution in [0.4, 0.5) is 0 Å². The predicted octanol–water partition coefficient (Wildman–Crippen LogP) is 2.55. The third kappa shape index (κ3) is 2.87. The Balaban J connectivity index is 1.72. The number of rotatable bonds is 3. The van der Waals surface area contributed by atoms with Crippen LogP contribution in [0.3, 0.4) is 0 Å². The minimum absolute atomic E-state index is 0.114. The number of methoxy groups -OCH3 is 1. The van der Waals surface area contributed by atoms with Gasteiger partial charge >= 0.3 is 0 Å². The third-order valence-corrected chi connectivity index (χ3v) is 4.47. The zero-order valence-electron chi connectivity index (χ0n) is 13.8. The quantitative estimate of drug-likeness (QED) is 0.771. The largest absolute Gasteiger partial charge is 0.496 e. The molecule has 1 atom stereocenters. The van der Waals surface area contributed by atoms with E-state index in [9.17, 15) is 4.79 Å². The van der Waals surface area contributed by atoms with Crippen molar-refractivity contribution in [2.24, 2.45) is 0 Å². The van der Waals surface area contributed by atoms with Gasteiger partial charge in [-0.05, 0) is 30.2 Å². The van der Waals surface area contributed by atoms with Gasteiger partial charge in [0.15, 0.2) is 0 Å². The van der Waals surface area contributed by atoms with Crippen LogP contribution in [0.2, 0.25) is 0 Å². The number of ether oxygens (including phenoxy) is 1. The summed E-state index contributed by atoms with van der Waals surface area (Å²) in [5.74, 6) is 1.45. The number of amides is 1. The van der Waals surface area contributed by atoms with Gasteiger partial charge in [0, 0.05) is 36.1 Å². The lowest BCUT2D eigenvalue weighted by atomic mass is 9.93. The average molecular weight is 334 g/mol. The van der Waals surface area contributed by atoms with Crippen LogP contribution in [0.1, 0.15) is 27.7 Å². The summed E-state index contributed by atoms with van der Waals surface area (Å²) in [4.78, 5) is 24.4. The van der Waals surface area contributed by atoms with E-state index in [1.54, 1.807) is 19.5 Å². The van der Waals surface area contributed by atoms with E-state index in [0.29, 0.717) is 24.5 Å². The van der Waals surface area contributed by atoms with Gasteiger partial charge in [-0.3, -0.25) is 9.78 Å². The van der Waals surface area contributed by atoms with Crippen LogP contribution in [-0.4, -0.2) is 34.5 Å². The molecule has 25 heavy (non-hydrogen) atoms. The zero-order chi connectivity index (χ0) is 17.2. The summed E-state index contributed by atoms with van der Waals surface area (Å²) in [7, 11) is 1.66. The summed E-state index contributed by atoms with van der Waals surface area (Å²) in [5.41, 5.74) is 3.23. The van der Waals surface area contributed by atoms with Gasteiger partial charge in [0.1, 0.15) is 17.3 Å². The number of hydrogen-bond donors (Lipinski definition) is 2. The number of imidazole rings is 1. The normalized spacial score (nSPS) is 16.7. The molecule has 3 aromatic rings. The Kier molecular flexibility index (Phi) is 3.93. The minimum atomic E-state index is -0.154. The highest BCUT2D eigenvalue weighted by atomic mass is 16.5. The molecule has 1 aliphatic rings. The molecule has 0 aliphatic carbocycles. The molecular formula is C19H18N4O2. The number of aromatic amines is 1. The number of nitrogens with one attached hydrogen (secondary N) is 2. The maximum absolute atomic E-state index is 12.4. The molecule has 0 bridgehead atoms. The highest BCUT2D eigenvalue weighted by Crippen LogP contribution is 2.31. The fourth-order valence-electron chi connectivity index (χ4n) is 3.23. The van der Waals surface area contributed by atoms with Crippen molar-refractivity contribution in [2.45, 2.75) is 12.3 Å². The molecule has 3 heterocycles. The van der Waals surface area contributed by atoms with Gasteiger partial charge in [-0.25, -0.2) is 4.98 Å². The maximum Gasteiger partial charge on any atom is 0.271 e. The van der Waals surface area contributed by atoms with Crippen molar-refractivity contribution < 1.29 is 9.53 Å². The second kappa shape index (κ2) is 6.39. The van der Waals surface area contributed by atoms with Crippen LogP contribution in [0.15, 0.2) is 48.8 Å². The van der Waals surface area contributed by atoms with E-state index < -0.39 is 0 Å². The molecule has 6 nitrogen and oxygen atoms in total. The van der Waals surface area contributed by atoms with Gasteiger partial charge in [-0.1, -0.05) is 18.2 Å². The lowest BCUT2D eigenvalue weighted by Gasteiger charge is -2.17. The van der Waals surface area contributed by atoms with E-state index in [1.165, 1.54) is 0 Å². The number of hydrogen-bond acceptors (Lipinski definition) is 4. The molecule has 4 rings (SSSR count). The number of H-pyrrole nitrogens is 1. The molecule has 0 spiro atoms. The lowest BCUT2D eigenvalue weighted by Crippen LogP contribution is -2.26. The molecule has 2 N–H and O–H groups in total. The Morgan fingerprint density at radius 3 is 2.88 bits per heavy atom. The Hall–Kier alpha value is -3.15. The molecule has 2 aromatic heterocycles. The first kappa shape index (κ1) is 15.4. The number of aromatic nitrogens is 3. The van der Waals surface area contributed by atoms with E-state index in [4.69, 9.17) is 4.74 Å². The summed E-state index contributed by atoms with van der Waals surface area (Å²) in [5, 5.41) is 2.97. The number of carbonyl (C=O) groups excluding carboxylic acids is 1. The molecule has 0 saturated carbocycles. The van der Waals surface area contributed by atoms with Crippen molar-refractivity contribution in [3.8, 4) is 17.1 Å². The van der Waals surface area contributed by atoms with Crippen molar-refractivity contribution in [3.05, 3.63) is 65.7 Å². The summed E-state index contributed by atoms with van der Waals surface area (Å²) in [6.07, 6.45) is 4.12. The van der Waals surface area contributed by atoms with Crippen LogP contribution in [0.25, 0.3) is 11.4 Å². The monoisotopic (exact) mass is 334 g/mol. The first-order valence-electron chi connectivity index (χ1n) is 8.16.